The van der Waals surface area contributed by atoms with E-state index in [0.717, 1.165) is 25.8 Å². The first-order valence-electron chi connectivity index (χ1n) is 7.69. The molecule has 1 aromatic carbocycles. The van der Waals surface area contributed by atoms with Gasteiger partial charge in [-0.3, -0.25) is 9.59 Å². The number of amides is 2. The molecule has 0 unspecified atom stereocenters. The summed E-state index contributed by atoms with van der Waals surface area (Å²) in [5.74, 6) is 0.0548. The van der Waals surface area contributed by atoms with Crippen molar-refractivity contribution >= 4 is 11.8 Å². The third kappa shape index (κ3) is 7.49. The lowest BCUT2D eigenvalue weighted by Crippen LogP contribution is -2.34. The normalized spacial score (nSPS) is 10.2. The molecule has 0 aliphatic carbocycles. The van der Waals surface area contributed by atoms with Crippen LogP contribution in [0.1, 0.15) is 38.7 Å². The average molecular weight is 290 g/mol. The highest BCUT2D eigenvalue weighted by molar-refractivity contribution is 5.77. The summed E-state index contributed by atoms with van der Waals surface area (Å²) in [6.07, 6.45) is 3.20. The van der Waals surface area contributed by atoms with E-state index in [2.05, 4.69) is 17.4 Å². The maximum atomic E-state index is 11.7. The monoisotopic (exact) mass is 290 g/mol. The molecule has 4 nitrogen and oxygen atoms in total. The van der Waals surface area contributed by atoms with Gasteiger partial charge in [-0.15, -0.1) is 0 Å². The minimum absolute atomic E-state index is 0.0189. The molecule has 0 spiro atoms. The smallest absolute Gasteiger partial charge is 0.221 e. The summed E-state index contributed by atoms with van der Waals surface area (Å²) in [6.45, 7) is 5.49. The average Bonchev–Trinajstić information content (AvgIpc) is 2.48. The fraction of sp³-hybridized carbons (Fsp3) is 0.529. The summed E-state index contributed by atoms with van der Waals surface area (Å²) in [7, 11) is 0. The molecule has 0 aromatic heterocycles. The third-order valence-corrected chi connectivity index (χ3v) is 3.35. The van der Waals surface area contributed by atoms with Crippen molar-refractivity contribution in [2.45, 2.75) is 39.5 Å². The number of rotatable bonds is 9. The van der Waals surface area contributed by atoms with Crippen LogP contribution in [0.25, 0.3) is 0 Å². The number of hydrogen-bond acceptors (Lipinski definition) is 2. The van der Waals surface area contributed by atoms with Crippen LogP contribution in [0.2, 0.25) is 0 Å². The van der Waals surface area contributed by atoms with Crippen LogP contribution >= 0.6 is 0 Å². The number of nitrogens with zero attached hydrogens (tertiary/aromatic N) is 1. The van der Waals surface area contributed by atoms with Gasteiger partial charge in [0.15, 0.2) is 0 Å². The Labute approximate surface area is 127 Å². The summed E-state index contributed by atoms with van der Waals surface area (Å²) < 4.78 is 0. The van der Waals surface area contributed by atoms with E-state index >= 15 is 0 Å². The van der Waals surface area contributed by atoms with Crippen LogP contribution in [0.15, 0.2) is 30.3 Å². The summed E-state index contributed by atoms with van der Waals surface area (Å²) >= 11 is 0. The molecule has 0 aliphatic heterocycles. The second-order valence-corrected chi connectivity index (χ2v) is 5.20. The van der Waals surface area contributed by atoms with Gasteiger partial charge in [0.25, 0.3) is 0 Å². The van der Waals surface area contributed by atoms with E-state index in [1.165, 1.54) is 5.56 Å². The molecule has 2 amide bonds. The van der Waals surface area contributed by atoms with Gasteiger partial charge in [0, 0.05) is 33.0 Å². The van der Waals surface area contributed by atoms with E-state index in [9.17, 15) is 9.59 Å². The summed E-state index contributed by atoms with van der Waals surface area (Å²) in [4.78, 5) is 24.8. The molecule has 0 saturated heterocycles. The topological polar surface area (TPSA) is 49.4 Å². The number of carbonyl (C=O) groups is 2. The van der Waals surface area contributed by atoms with E-state index in [0.29, 0.717) is 19.5 Å². The fourth-order valence-corrected chi connectivity index (χ4v) is 2.19. The predicted molar refractivity (Wildman–Crippen MR) is 84.9 cm³/mol. The largest absolute Gasteiger partial charge is 0.356 e. The van der Waals surface area contributed by atoms with Crippen molar-refractivity contribution in [1.29, 1.82) is 0 Å². The Hall–Kier alpha value is -1.84. The quantitative estimate of drug-likeness (QED) is 0.710. The van der Waals surface area contributed by atoms with Crippen molar-refractivity contribution in [2.75, 3.05) is 19.6 Å². The molecular formula is C17H26N2O2. The van der Waals surface area contributed by atoms with Crippen LogP contribution in [-0.4, -0.2) is 36.3 Å². The van der Waals surface area contributed by atoms with Gasteiger partial charge in [-0.1, -0.05) is 37.3 Å². The highest BCUT2D eigenvalue weighted by Gasteiger charge is 2.09. The minimum atomic E-state index is 0.0189. The SMILES string of the molecule is CCCN(CCC(=O)NCCCc1ccccc1)C(C)=O. The van der Waals surface area contributed by atoms with Gasteiger partial charge in [-0.05, 0) is 24.8 Å². The Morgan fingerprint density at radius 3 is 2.48 bits per heavy atom. The predicted octanol–water partition coefficient (Wildman–Crippen LogP) is 2.38. The summed E-state index contributed by atoms with van der Waals surface area (Å²) in [5, 5.41) is 2.91. The Morgan fingerprint density at radius 1 is 1.14 bits per heavy atom. The van der Waals surface area contributed by atoms with Crippen LogP contribution in [-0.2, 0) is 16.0 Å². The molecular weight excluding hydrogens is 264 g/mol. The molecule has 1 N–H and O–H groups in total. The molecule has 1 rings (SSSR count). The van der Waals surface area contributed by atoms with Crippen molar-refractivity contribution in [3.63, 3.8) is 0 Å². The minimum Gasteiger partial charge on any atom is -0.356 e. The zero-order valence-corrected chi connectivity index (χ0v) is 13.1. The maximum Gasteiger partial charge on any atom is 0.221 e. The third-order valence-electron chi connectivity index (χ3n) is 3.35. The van der Waals surface area contributed by atoms with Crippen LogP contribution in [0.4, 0.5) is 0 Å². The zero-order valence-electron chi connectivity index (χ0n) is 13.1. The lowest BCUT2D eigenvalue weighted by Gasteiger charge is -2.19. The zero-order chi connectivity index (χ0) is 15.5. The Bertz CT molecular complexity index is 432. The number of benzene rings is 1. The van der Waals surface area contributed by atoms with E-state index in [1.807, 2.05) is 25.1 Å². The standard InChI is InChI=1S/C17H26N2O2/c1-3-13-19(15(2)20)14-11-17(21)18-12-7-10-16-8-5-4-6-9-16/h4-6,8-9H,3,7,10-14H2,1-2H3,(H,18,21). The molecule has 0 fully saturated rings. The maximum absolute atomic E-state index is 11.7. The van der Waals surface area contributed by atoms with Gasteiger partial charge < -0.3 is 10.2 Å². The van der Waals surface area contributed by atoms with Gasteiger partial charge in [-0.2, -0.15) is 0 Å². The Morgan fingerprint density at radius 2 is 1.86 bits per heavy atom. The van der Waals surface area contributed by atoms with Gasteiger partial charge in [0.1, 0.15) is 0 Å². The molecule has 0 saturated carbocycles. The molecule has 0 radical (unpaired) electrons. The lowest BCUT2D eigenvalue weighted by molar-refractivity contribution is -0.129. The lowest BCUT2D eigenvalue weighted by atomic mass is 10.1. The van der Waals surface area contributed by atoms with Gasteiger partial charge in [-0.25, -0.2) is 0 Å². The summed E-state index contributed by atoms with van der Waals surface area (Å²) in [6, 6.07) is 10.2. The Kier molecular flexibility index (Phi) is 8.17. The molecule has 0 heterocycles. The van der Waals surface area contributed by atoms with Crippen LogP contribution < -0.4 is 5.32 Å². The van der Waals surface area contributed by atoms with E-state index in [-0.39, 0.29) is 11.8 Å². The van der Waals surface area contributed by atoms with Gasteiger partial charge >= 0.3 is 0 Å². The summed E-state index contributed by atoms with van der Waals surface area (Å²) in [5.41, 5.74) is 1.29. The van der Waals surface area contributed by atoms with Gasteiger partial charge in [0.2, 0.25) is 11.8 Å². The van der Waals surface area contributed by atoms with Gasteiger partial charge in [0.05, 0.1) is 0 Å². The second-order valence-electron chi connectivity index (χ2n) is 5.20. The Balaban J connectivity index is 2.15. The fourth-order valence-electron chi connectivity index (χ4n) is 2.19. The number of hydrogen-bond donors (Lipinski definition) is 1. The number of aryl methyl sites for hydroxylation is 1. The van der Waals surface area contributed by atoms with Crippen LogP contribution in [0.5, 0.6) is 0 Å². The first-order valence-corrected chi connectivity index (χ1v) is 7.69. The van der Waals surface area contributed by atoms with Crippen LogP contribution in [0, 0.1) is 0 Å². The van der Waals surface area contributed by atoms with Crippen molar-refractivity contribution < 1.29 is 9.59 Å². The second kappa shape index (κ2) is 9.97. The van der Waals surface area contributed by atoms with Crippen molar-refractivity contribution in [3.8, 4) is 0 Å². The van der Waals surface area contributed by atoms with Crippen molar-refractivity contribution in [2.24, 2.45) is 0 Å². The first-order chi connectivity index (χ1) is 10.1. The molecule has 21 heavy (non-hydrogen) atoms. The number of carbonyl (C=O) groups excluding carboxylic acids is 2. The van der Waals surface area contributed by atoms with Crippen molar-refractivity contribution in [1.82, 2.24) is 10.2 Å². The molecule has 0 aliphatic rings. The van der Waals surface area contributed by atoms with E-state index in [1.54, 1.807) is 11.8 Å². The van der Waals surface area contributed by atoms with E-state index < -0.39 is 0 Å². The molecule has 116 valence electrons. The molecule has 4 heteroatoms. The molecule has 0 atom stereocenters. The van der Waals surface area contributed by atoms with Crippen molar-refractivity contribution in [3.05, 3.63) is 35.9 Å². The highest BCUT2D eigenvalue weighted by Crippen LogP contribution is 2.01. The molecule has 1 aromatic rings. The van der Waals surface area contributed by atoms with Crippen LogP contribution in [0.3, 0.4) is 0 Å². The first kappa shape index (κ1) is 17.2. The highest BCUT2D eigenvalue weighted by atomic mass is 16.2. The number of nitrogens with one attached hydrogen (secondary N) is 1. The molecule has 0 bridgehead atoms. The van der Waals surface area contributed by atoms with E-state index in [4.69, 9.17) is 0 Å².